The Morgan fingerprint density at radius 2 is 2.27 bits per heavy atom. The summed E-state index contributed by atoms with van der Waals surface area (Å²) < 4.78 is 10.1. The van der Waals surface area contributed by atoms with Gasteiger partial charge < -0.3 is 14.9 Å². The summed E-state index contributed by atoms with van der Waals surface area (Å²) in [6.45, 7) is 3.98. The van der Waals surface area contributed by atoms with E-state index in [1.807, 2.05) is 13.0 Å². The average Bonchev–Trinajstić information content (AvgIpc) is 2.52. The number of hydrogen-bond donors (Lipinski definition) is 1. The number of halogens is 1. The molecule has 1 aromatic rings. The fourth-order valence-corrected chi connectivity index (χ4v) is 1.15. The van der Waals surface area contributed by atoms with Gasteiger partial charge in [0.1, 0.15) is 11.5 Å². The summed E-state index contributed by atoms with van der Waals surface area (Å²) in [6, 6.07) is 3.18. The van der Waals surface area contributed by atoms with E-state index in [1.165, 1.54) is 0 Å². The van der Waals surface area contributed by atoms with Crippen LogP contribution < -0.4 is 5.73 Å². The number of rotatable bonds is 4. The molecular weight excluding hydrogens is 218 g/mol. The summed E-state index contributed by atoms with van der Waals surface area (Å²) in [4.78, 5) is 11.1. The number of furan rings is 1. The summed E-state index contributed by atoms with van der Waals surface area (Å²) in [6.07, 6.45) is 0.154. The van der Waals surface area contributed by atoms with E-state index in [0.717, 1.165) is 5.76 Å². The quantitative estimate of drug-likeness (QED) is 0.808. The first-order valence-corrected chi connectivity index (χ1v) is 4.61. The third-order valence-electron chi connectivity index (χ3n) is 1.82. The van der Waals surface area contributed by atoms with Crippen LogP contribution in [-0.2, 0) is 9.53 Å². The van der Waals surface area contributed by atoms with Crippen molar-refractivity contribution in [3.63, 3.8) is 0 Å². The second-order valence-electron chi connectivity index (χ2n) is 3.06. The van der Waals surface area contributed by atoms with Gasteiger partial charge in [-0.05, 0) is 26.0 Å². The Balaban J connectivity index is 0.00000196. The summed E-state index contributed by atoms with van der Waals surface area (Å²) in [5.41, 5.74) is 5.74. The predicted molar refractivity (Wildman–Crippen MR) is 58.9 cm³/mol. The van der Waals surface area contributed by atoms with Crippen molar-refractivity contribution < 1.29 is 13.9 Å². The summed E-state index contributed by atoms with van der Waals surface area (Å²) in [7, 11) is 0. The minimum Gasteiger partial charge on any atom is -0.466 e. The molecule has 1 atom stereocenters. The SMILES string of the molecule is CCOC(=O)C[C@H](N)c1ccc(C)o1.Cl. The van der Waals surface area contributed by atoms with E-state index in [2.05, 4.69) is 0 Å². The highest BCUT2D eigenvalue weighted by Gasteiger charge is 2.15. The van der Waals surface area contributed by atoms with E-state index in [1.54, 1.807) is 13.0 Å². The van der Waals surface area contributed by atoms with E-state index < -0.39 is 6.04 Å². The van der Waals surface area contributed by atoms with Crippen molar-refractivity contribution in [2.45, 2.75) is 26.3 Å². The maximum absolute atomic E-state index is 11.1. The van der Waals surface area contributed by atoms with Gasteiger partial charge in [-0.3, -0.25) is 4.79 Å². The van der Waals surface area contributed by atoms with Crippen molar-refractivity contribution >= 4 is 18.4 Å². The molecule has 1 heterocycles. The fraction of sp³-hybridized carbons (Fsp3) is 0.500. The van der Waals surface area contributed by atoms with Crippen LogP contribution in [0, 0.1) is 6.92 Å². The van der Waals surface area contributed by atoms with Gasteiger partial charge in [0.05, 0.1) is 19.1 Å². The number of nitrogens with two attached hydrogens (primary N) is 1. The smallest absolute Gasteiger partial charge is 0.307 e. The van der Waals surface area contributed by atoms with Crippen LogP contribution in [0.25, 0.3) is 0 Å². The Hall–Kier alpha value is -1.00. The van der Waals surface area contributed by atoms with Crippen LogP contribution in [-0.4, -0.2) is 12.6 Å². The van der Waals surface area contributed by atoms with Gasteiger partial charge >= 0.3 is 5.97 Å². The van der Waals surface area contributed by atoms with Crippen LogP contribution in [0.2, 0.25) is 0 Å². The largest absolute Gasteiger partial charge is 0.466 e. The van der Waals surface area contributed by atoms with Gasteiger partial charge in [-0.2, -0.15) is 0 Å². The first-order chi connectivity index (χ1) is 6.63. The molecule has 0 aliphatic heterocycles. The van der Waals surface area contributed by atoms with Gasteiger partial charge in [0, 0.05) is 0 Å². The van der Waals surface area contributed by atoms with Gasteiger partial charge in [0.15, 0.2) is 0 Å². The van der Waals surface area contributed by atoms with Crippen LogP contribution in [0.1, 0.15) is 30.9 Å². The van der Waals surface area contributed by atoms with Gasteiger partial charge in [-0.1, -0.05) is 0 Å². The zero-order chi connectivity index (χ0) is 10.6. The van der Waals surface area contributed by atoms with Crippen LogP contribution in [0.5, 0.6) is 0 Å². The normalized spacial score (nSPS) is 11.7. The second kappa shape index (κ2) is 6.48. The lowest BCUT2D eigenvalue weighted by molar-refractivity contribution is -0.143. The first kappa shape index (κ1) is 14.0. The van der Waals surface area contributed by atoms with E-state index in [9.17, 15) is 4.79 Å². The monoisotopic (exact) mass is 233 g/mol. The Kier molecular flexibility index (Phi) is 6.05. The molecule has 4 nitrogen and oxygen atoms in total. The van der Waals surface area contributed by atoms with Gasteiger partial charge in [-0.15, -0.1) is 12.4 Å². The number of aryl methyl sites for hydroxylation is 1. The van der Waals surface area contributed by atoms with Crippen molar-refractivity contribution in [2.24, 2.45) is 5.73 Å². The zero-order valence-corrected chi connectivity index (χ0v) is 9.67. The molecule has 0 saturated heterocycles. The lowest BCUT2D eigenvalue weighted by atomic mass is 10.2. The van der Waals surface area contributed by atoms with Crippen LogP contribution in [0.4, 0.5) is 0 Å². The number of esters is 1. The van der Waals surface area contributed by atoms with Crippen molar-refractivity contribution in [3.05, 3.63) is 23.7 Å². The Morgan fingerprint density at radius 1 is 1.60 bits per heavy atom. The predicted octanol–water partition coefficient (Wildman–Crippen LogP) is 1.96. The molecule has 86 valence electrons. The molecule has 0 aromatic carbocycles. The highest BCUT2D eigenvalue weighted by atomic mass is 35.5. The molecule has 2 N–H and O–H groups in total. The first-order valence-electron chi connectivity index (χ1n) is 4.61. The molecule has 0 amide bonds. The number of ether oxygens (including phenoxy) is 1. The van der Waals surface area contributed by atoms with Crippen LogP contribution >= 0.6 is 12.4 Å². The Morgan fingerprint density at radius 3 is 2.73 bits per heavy atom. The molecular formula is C10H16ClNO3. The molecule has 15 heavy (non-hydrogen) atoms. The minimum atomic E-state index is -0.414. The highest BCUT2D eigenvalue weighted by Crippen LogP contribution is 2.17. The van der Waals surface area contributed by atoms with Crippen molar-refractivity contribution in [1.29, 1.82) is 0 Å². The molecule has 0 aliphatic carbocycles. The van der Waals surface area contributed by atoms with Crippen molar-refractivity contribution in [1.82, 2.24) is 0 Å². The molecule has 0 unspecified atom stereocenters. The standard InChI is InChI=1S/C10H15NO3.ClH/c1-3-13-10(12)6-8(11)9-5-4-7(2)14-9;/h4-5,8H,3,6,11H2,1-2H3;1H/t8-;/m0./s1. The summed E-state index contributed by atoms with van der Waals surface area (Å²) in [5, 5.41) is 0. The van der Waals surface area contributed by atoms with E-state index in [0.29, 0.717) is 12.4 Å². The van der Waals surface area contributed by atoms with Gasteiger partial charge in [0.2, 0.25) is 0 Å². The van der Waals surface area contributed by atoms with Crippen LogP contribution in [0.15, 0.2) is 16.5 Å². The minimum absolute atomic E-state index is 0. The van der Waals surface area contributed by atoms with Gasteiger partial charge in [0.25, 0.3) is 0 Å². The lowest BCUT2D eigenvalue weighted by Gasteiger charge is -2.07. The van der Waals surface area contributed by atoms with E-state index in [4.69, 9.17) is 14.9 Å². The van der Waals surface area contributed by atoms with Crippen LogP contribution in [0.3, 0.4) is 0 Å². The molecule has 0 radical (unpaired) electrons. The molecule has 0 fully saturated rings. The third-order valence-corrected chi connectivity index (χ3v) is 1.82. The molecule has 1 aromatic heterocycles. The van der Waals surface area contributed by atoms with Gasteiger partial charge in [-0.25, -0.2) is 0 Å². The summed E-state index contributed by atoms with van der Waals surface area (Å²) in [5.74, 6) is 1.11. The summed E-state index contributed by atoms with van der Waals surface area (Å²) >= 11 is 0. The number of carbonyl (C=O) groups excluding carboxylic acids is 1. The third kappa shape index (κ3) is 4.36. The molecule has 0 aliphatic rings. The molecule has 1 rings (SSSR count). The maximum Gasteiger partial charge on any atom is 0.307 e. The van der Waals surface area contributed by atoms with Crippen molar-refractivity contribution in [3.8, 4) is 0 Å². The topological polar surface area (TPSA) is 65.5 Å². The number of carbonyl (C=O) groups is 1. The lowest BCUT2D eigenvalue weighted by Crippen LogP contribution is -2.16. The fourth-order valence-electron chi connectivity index (χ4n) is 1.15. The second-order valence-corrected chi connectivity index (χ2v) is 3.06. The zero-order valence-electron chi connectivity index (χ0n) is 8.86. The van der Waals surface area contributed by atoms with E-state index >= 15 is 0 Å². The molecule has 0 saturated carbocycles. The molecule has 5 heteroatoms. The molecule has 0 spiro atoms. The molecule has 0 bridgehead atoms. The Labute approximate surface area is 95.2 Å². The van der Waals surface area contributed by atoms with E-state index in [-0.39, 0.29) is 24.8 Å². The Bertz CT molecular complexity index is 311. The highest BCUT2D eigenvalue weighted by molar-refractivity contribution is 5.85. The average molecular weight is 234 g/mol. The maximum atomic E-state index is 11.1. The van der Waals surface area contributed by atoms with Crippen molar-refractivity contribution in [2.75, 3.05) is 6.61 Å². The number of hydrogen-bond acceptors (Lipinski definition) is 4.